The summed E-state index contributed by atoms with van der Waals surface area (Å²) < 4.78 is 9.89. The molecule has 0 aromatic heterocycles. The average Bonchev–Trinajstić information content (AvgIpc) is 2.30. The third-order valence-corrected chi connectivity index (χ3v) is 2.23. The number of amides is 1. The lowest BCUT2D eigenvalue weighted by molar-refractivity contribution is -0.139. The molecule has 4 N–H and O–H groups in total. The monoisotopic (exact) mass is 303 g/mol. The van der Waals surface area contributed by atoms with Gasteiger partial charge in [-0.15, -0.1) is 0 Å². The molecule has 0 rings (SSSR count). The standard InChI is InChI=1S/C13H25N3O5/c1-5-20-11(14)15-8-6-7-9(10(17)18)16-12(19)21-13(2,3)4/h9H,5-8H2,1-4H3,(H2,14,15)(H,16,19)(H,17,18)/t9-/m0/s1. The second-order valence-corrected chi connectivity index (χ2v) is 5.37. The highest BCUT2D eigenvalue weighted by atomic mass is 16.6. The van der Waals surface area contributed by atoms with Gasteiger partial charge in [0.1, 0.15) is 11.6 Å². The molecule has 0 heterocycles. The van der Waals surface area contributed by atoms with Gasteiger partial charge >= 0.3 is 12.1 Å². The van der Waals surface area contributed by atoms with E-state index in [1.54, 1.807) is 27.7 Å². The van der Waals surface area contributed by atoms with Crippen molar-refractivity contribution < 1.29 is 24.2 Å². The molecule has 0 aromatic rings. The molecule has 0 aliphatic rings. The summed E-state index contributed by atoms with van der Waals surface area (Å²) in [6.45, 7) is 7.65. The summed E-state index contributed by atoms with van der Waals surface area (Å²) in [6.07, 6.45) is -0.0756. The molecule has 1 atom stereocenters. The van der Waals surface area contributed by atoms with Crippen molar-refractivity contribution in [1.82, 2.24) is 10.6 Å². The van der Waals surface area contributed by atoms with Gasteiger partial charge in [0, 0.05) is 6.54 Å². The highest BCUT2D eigenvalue weighted by molar-refractivity contribution is 5.80. The molecule has 0 radical (unpaired) electrons. The first-order chi connectivity index (χ1) is 9.65. The van der Waals surface area contributed by atoms with Crippen LogP contribution in [-0.2, 0) is 14.3 Å². The Morgan fingerprint density at radius 2 is 1.95 bits per heavy atom. The van der Waals surface area contributed by atoms with Crippen LogP contribution in [0, 0.1) is 5.41 Å². The van der Waals surface area contributed by atoms with Gasteiger partial charge in [0.15, 0.2) is 0 Å². The highest BCUT2D eigenvalue weighted by Gasteiger charge is 2.23. The molecule has 0 bridgehead atoms. The van der Waals surface area contributed by atoms with Crippen LogP contribution in [0.2, 0.25) is 0 Å². The Bertz CT molecular complexity index is 365. The fraction of sp³-hybridized carbons (Fsp3) is 0.769. The van der Waals surface area contributed by atoms with E-state index in [2.05, 4.69) is 10.6 Å². The van der Waals surface area contributed by atoms with E-state index in [-0.39, 0.29) is 12.4 Å². The lowest BCUT2D eigenvalue weighted by Gasteiger charge is -2.22. The second kappa shape index (κ2) is 9.04. The number of carboxylic acids is 1. The molecular formula is C13H25N3O5. The Balaban J connectivity index is 4.12. The summed E-state index contributed by atoms with van der Waals surface area (Å²) in [6, 6.07) is -1.08. The number of carbonyl (C=O) groups is 2. The van der Waals surface area contributed by atoms with E-state index in [9.17, 15) is 9.59 Å². The lowest BCUT2D eigenvalue weighted by atomic mass is 10.1. The summed E-state index contributed by atoms with van der Waals surface area (Å²) in [4.78, 5) is 22.6. The Morgan fingerprint density at radius 1 is 1.33 bits per heavy atom. The molecule has 122 valence electrons. The van der Waals surface area contributed by atoms with Gasteiger partial charge < -0.3 is 25.2 Å². The van der Waals surface area contributed by atoms with Crippen molar-refractivity contribution in [1.29, 1.82) is 5.41 Å². The van der Waals surface area contributed by atoms with E-state index in [1.165, 1.54) is 0 Å². The number of ether oxygens (including phenoxy) is 2. The van der Waals surface area contributed by atoms with Gasteiger partial charge in [-0.2, -0.15) is 0 Å². The average molecular weight is 303 g/mol. The molecule has 0 unspecified atom stereocenters. The summed E-state index contributed by atoms with van der Waals surface area (Å²) in [5.74, 6) is -1.12. The number of alkyl carbamates (subject to hydrolysis) is 1. The SMILES string of the molecule is CCOC(=N)NCCC[C@H](NC(=O)OC(C)(C)C)C(=O)O. The van der Waals surface area contributed by atoms with Crippen LogP contribution in [-0.4, -0.2) is 48.0 Å². The molecule has 21 heavy (non-hydrogen) atoms. The van der Waals surface area contributed by atoms with Gasteiger partial charge in [0.05, 0.1) is 6.61 Å². The summed E-state index contributed by atoms with van der Waals surface area (Å²) in [5, 5.41) is 21.4. The minimum absolute atomic E-state index is 0.0514. The molecule has 0 aliphatic heterocycles. The predicted molar refractivity (Wildman–Crippen MR) is 77.4 cm³/mol. The van der Waals surface area contributed by atoms with E-state index in [0.717, 1.165) is 0 Å². The van der Waals surface area contributed by atoms with Gasteiger partial charge in [-0.1, -0.05) is 0 Å². The van der Waals surface area contributed by atoms with Crippen LogP contribution in [0.5, 0.6) is 0 Å². The highest BCUT2D eigenvalue weighted by Crippen LogP contribution is 2.07. The molecule has 1 amide bonds. The first-order valence-corrected chi connectivity index (χ1v) is 6.83. The molecule has 0 saturated carbocycles. The van der Waals surface area contributed by atoms with E-state index < -0.39 is 23.7 Å². The largest absolute Gasteiger partial charge is 0.480 e. The zero-order chi connectivity index (χ0) is 16.5. The second-order valence-electron chi connectivity index (χ2n) is 5.37. The Kier molecular flexibility index (Phi) is 8.18. The van der Waals surface area contributed by atoms with Crippen LogP contribution in [0.15, 0.2) is 0 Å². The molecular weight excluding hydrogens is 278 g/mol. The maximum absolute atomic E-state index is 11.5. The quantitative estimate of drug-likeness (QED) is 0.319. The third-order valence-electron chi connectivity index (χ3n) is 2.23. The van der Waals surface area contributed by atoms with E-state index in [4.69, 9.17) is 20.0 Å². The molecule has 0 fully saturated rings. The minimum Gasteiger partial charge on any atom is -0.480 e. The van der Waals surface area contributed by atoms with Crippen LogP contribution in [0.4, 0.5) is 4.79 Å². The van der Waals surface area contributed by atoms with E-state index >= 15 is 0 Å². The topological polar surface area (TPSA) is 121 Å². The number of nitrogens with one attached hydrogen (secondary N) is 3. The molecule has 8 heteroatoms. The van der Waals surface area contributed by atoms with Gasteiger partial charge in [0.25, 0.3) is 6.02 Å². The van der Waals surface area contributed by atoms with Gasteiger partial charge in [0.2, 0.25) is 0 Å². The van der Waals surface area contributed by atoms with Crippen molar-refractivity contribution in [3.63, 3.8) is 0 Å². The van der Waals surface area contributed by atoms with Crippen molar-refractivity contribution in [3.8, 4) is 0 Å². The van der Waals surface area contributed by atoms with Crippen LogP contribution < -0.4 is 10.6 Å². The third kappa shape index (κ3) is 10.5. The first-order valence-electron chi connectivity index (χ1n) is 6.83. The predicted octanol–water partition coefficient (Wildman–Crippen LogP) is 1.31. The van der Waals surface area contributed by atoms with Crippen molar-refractivity contribution in [3.05, 3.63) is 0 Å². The zero-order valence-electron chi connectivity index (χ0n) is 13.0. The zero-order valence-corrected chi connectivity index (χ0v) is 13.0. The van der Waals surface area contributed by atoms with Crippen molar-refractivity contribution in [2.45, 2.75) is 52.2 Å². The smallest absolute Gasteiger partial charge is 0.408 e. The Hall–Kier alpha value is -1.99. The number of carbonyl (C=O) groups excluding carboxylic acids is 1. The maximum Gasteiger partial charge on any atom is 0.408 e. The van der Waals surface area contributed by atoms with Crippen LogP contribution in [0.3, 0.4) is 0 Å². The number of hydrogen-bond acceptors (Lipinski definition) is 5. The summed E-state index contributed by atoms with van der Waals surface area (Å²) >= 11 is 0. The minimum atomic E-state index is -1.12. The molecule has 0 aromatic carbocycles. The van der Waals surface area contributed by atoms with Crippen LogP contribution >= 0.6 is 0 Å². The lowest BCUT2D eigenvalue weighted by Crippen LogP contribution is -2.43. The van der Waals surface area contributed by atoms with Gasteiger partial charge in [-0.05, 0) is 40.5 Å². The van der Waals surface area contributed by atoms with Crippen LogP contribution in [0.1, 0.15) is 40.5 Å². The Morgan fingerprint density at radius 3 is 2.43 bits per heavy atom. The number of aliphatic carboxylic acids is 1. The summed E-state index contributed by atoms with van der Waals surface area (Å²) in [7, 11) is 0. The first kappa shape index (κ1) is 19.0. The molecule has 0 aliphatic carbocycles. The fourth-order valence-corrected chi connectivity index (χ4v) is 1.41. The normalized spacial score (nSPS) is 12.2. The summed E-state index contributed by atoms with van der Waals surface area (Å²) in [5.41, 5.74) is -0.679. The molecule has 8 nitrogen and oxygen atoms in total. The fourth-order valence-electron chi connectivity index (χ4n) is 1.41. The van der Waals surface area contributed by atoms with Gasteiger partial charge in [-0.25, -0.2) is 9.59 Å². The number of rotatable bonds is 7. The number of carboxylic acid groups (broad SMARTS) is 1. The number of hydrogen-bond donors (Lipinski definition) is 4. The van der Waals surface area contributed by atoms with Crippen molar-refractivity contribution in [2.75, 3.05) is 13.2 Å². The molecule has 0 saturated heterocycles. The maximum atomic E-state index is 11.5. The number of amidine groups is 1. The van der Waals surface area contributed by atoms with Gasteiger partial charge in [-0.3, -0.25) is 5.41 Å². The molecule has 0 spiro atoms. The van der Waals surface area contributed by atoms with Crippen LogP contribution in [0.25, 0.3) is 0 Å². The van der Waals surface area contributed by atoms with Crippen molar-refractivity contribution >= 4 is 18.1 Å². The Labute approximate surface area is 124 Å². The van der Waals surface area contributed by atoms with E-state index in [0.29, 0.717) is 19.6 Å². The van der Waals surface area contributed by atoms with E-state index in [1.807, 2.05) is 0 Å². The van der Waals surface area contributed by atoms with Crippen molar-refractivity contribution in [2.24, 2.45) is 0 Å².